The molecule has 1 N–H and O–H groups in total. The average molecular weight is 388 g/mol. The molecule has 8 heteroatoms. The maximum absolute atomic E-state index is 13.0. The number of amides is 1. The van der Waals surface area contributed by atoms with Crippen LogP contribution >= 0.6 is 0 Å². The van der Waals surface area contributed by atoms with Gasteiger partial charge in [-0.25, -0.2) is 19.2 Å². The maximum atomic E-state index is 13.0. The molecule has 0 radical (unpaired) electrons. The third-order valence-electron chi connectivity index (χ3n) is 4.37. The second kappa shape index (κ2) is 8.10. The largest absolute Gasteiger partial charge is 0.444 e. The molecule has 3 rings (SSSR count). The molecule has 7 nitrogen and oxygen atoms in total. The van der Waals surface area contributed by atoms with Crippen molar-refractivity contribution in [2.45, 2.75) is 32.5 Å². The van der Waals surface area contributed by atoms with E-state index in [1.807, 2.05) is 25.7 Å². The van der Waals surface area contributed by atoms with Crippen LogP contribution in [0.4, 0.5) is 15.1 Å². The minimum atomic E-state index is -0.918. The number of hydrogen-bond acceptors (Lipinski definition) is 6. The summed E-state index contributed by atoms with van der Waals surface area (Å²) in [6, 6.07) is 5.67. The van der Waals surface area contributed by atoms with Gasteiger partial charge in [-0.1, -0.05) is 12.1 Å². The molecular formula is C20H25FN4O3. The maximum Gasteiger partial charge on any atom is 0.410 e. The van der Waals surface area contributed by atoms with Gasteiger partial charge in [0.25, 0.3) is 0 Å². The molecule has 0 spiro atoms. The van der Waals surface area contributed by atoms with Crippen molar-refractivity contribution in [1.29, 1.82) is 0 Å². The van der Waals surface area contributed by atoms with Crippen molar-refractivity contribution in [2.24, 2.45) is 0 Å². The Bertz CT molecular complexity index is 798. The summed E-state index contributed by atoms with van der Waals surface area (Å²) in [7, 11) is 0. The Morgan fingerprint density at radius 1 is 1.07 bits per heavy atom. The van der Waals surface area contributed by atoms with Crippen molar-refractivity contribution in [3.63, 3.8) is 0 Å². The average Bonchev–Trinajstić information content (AvgIpc) is 2.67. The van der Waals surface area contributed by atoms with E-state index in [4.69, 9.17) is 4.74 Å². The molecule has 1 fully saturated rings. The van der Waals surface area contributed by atoms with Gasteiger partial charge in [0.15, 0.2) is 0 Å². The minimum Gasteiger partial charge on any atom is -0.444 e. The first-order valence-electron chi connectivity index (χ1n) is 9.21. The highest BCUT2D eigenvalue weighted by Gasteiger charge is 2.26. The van der Waals surface area contributed by atoms with E-state index in [0.717, 1.165) is 0 Å². The number of aliphatic hydroxyl groups is 1. The summed E-state index contributed by atoms with van der Waals surface area (Å²) >= 11 is 0. The lowest BCUT2D eigenvalue weighted by atomic mass is 10.0. The van der Waals surface area contributed by atoms with Gasteiger partial charge in [0.2, 0.25) is 5.95 Å². The standard InChI is InChI=1S/C20H25FN4O3/c1-20(2,3)28-19(27)25-10-8-24(9-11-25)18-22-12-15(13-23-18)17(26)14-4-6-16(21)7-5-14/h4-7,12-13,17,26H,8-11H2,1-3H3/t17-/m0/s1. The number of halogens is 1. The van der Waals surface area contributed by atoms with Gasteiger partial charge in [0.1, 0.15) is 17.5 Å². The molecule has 0 unspecified atom stereocenters. The molecule has 150 valence electrons. The van der Waals surface area contributed by atoms with Gasteiger partial charge in [0.05, 0.1) is 0 Å². The first-order valence-corrected chi connectivity index (χ1v) is 9.21. The SMILES string of the molecule is CC(C)(C)OC(=O)N1CCN(c2ncc([C@@H](O)c3ccc(F)cc3)cn2)CC1. The van der Waals surface area contributed by atoms with Crippen molar-refractivity contribution in [1.82, 2.24) is 14.9 Å². The fourth-order valence-corrected chi connectivity index (χ4v) is 2.89. The van der Waals surface area contributed by atoms with E-state index < -0.39 is 11.7 Å². The van der Waals surface area contributed by atoms with Crippen LogP contribution in [-0.2, 0) is 4.74 Å². The molecule has 2 heterocycles. The van der Waals surface area contributed by atoms with Crippen molar-refractivity contribution in [3.8, 4) is 0 Å². The molecule has 1 aliphatic heterocycles. The van der Waals surface area contributed by atoms with Gasteiger partial charge in [-0.2, -0.15) is 0 Å². The minimum absolute atomic E-state index is 0.314. The second-order valence-electron chi connectivity index (χ2n) is 7.72. The molecule has 1 amide bonds. The molecule has 1 aromatic carbocycles. The predicted octanol–water partition coefficient (Wildman–Crippen LogP) is 2.75. The van der Waals surface area contributed by atoms with Crippen LogP contribution in [0.15, 0.2) is 36.7 Å². The molecule has 1 atom stereocenters. The number of aliphatic hydroxyl groups excluding tert-OH is 1. The van der Waals surface area contributed by atoms with Gasteiger partial charge in [-0.15, -0.1) is 0 Å². The van der Waals surface area contributed by atoms with E-state index in [1.165, 1.54) is 24.3 Å². The van der Waals surface area contributed by atoms with Crippen molar-refractivity contribution >= 4 is 12.0 Å². The van der Waals surface area contributed by atoms with Crippen LogP contribution in [0.1, 0.15) is 38.0 Å². The molecular weight excluding hydrogens is 363 g/mol. The number of anilines is 1. The van der Waals surface area contributed by atoms with E-state index in [9.17, 15) is 14.3 Å². The number of aromatic nitrogens is 2. The summed E-state index contributed by atoms with van der Waals surface area (Å²) < 4.78 is 18.4. The van der Waals surface area contributed by atoms with E-state index >= 15 is 0 Å². The van der Waals surface area contributed by atoms with E-state index in [0.29, 0.717) is 43.3 Å². The van der Waals surface area contributed by atoms with Crippen LogP contribution in [0, 0.1) is 5.82 Å². The number of nitrogens with zero attached hydrogens (tertiary/aromatic N) is 4. The predicted molar refractivity (Wildman–Crippen MR) is 103 cm³/mol. The third kappa shape index (κ3) is 4.95. The fourth-order valence-electron chi connectivity index (χ4n) is 2.89. The lowest BCUT2D eigenvalue weighted by Crippen LogP contribution is -2.50. The van der Waals surface area contributed by atoms with Gasteiger partial charge in [0, 0.05) is 44.1 Å². The van der Waals surface area contributed by atoms with Crippen molar-refractivity contribution < 1.29 is 19.0 Å². The summed E-state index contributed by atoms with van der Waals surface area (Å²) in [4.78, 5) is 24.5. The summed E-state index contributed by atoms with van der Waals surface area (Å²) in [5, 5.41) is 10.4. The van der Waals surface area contributed by atoms with E-state index in [1.54, 1.807) is 17.3 Å². The Kier molecular flexibility index (Phi) is 5.79. The summed E-state index contributed by atoms with van der Waals surface area (Å²) in [5.74, 6) is 0.187. The molecule has 2 aromatic rings. The highest BCUT2D eigenvalue weighted by Crippen LogP contribution is 2.22. The zero-order valence-electron chi connectivity index (χ0n) is 16.3. The highest BCUT2D eigenvalue weighted by atomic mass is 19.1. The Morgan fingerprint density at radius 3 is 2.18 bits per heavy atom. The lowest BCUT2D eigenvalue weighted by Gasteiger charge is -2.35. The summed E-state index contributed by atoms with van der Waals surface area (Å²) in [6.07, 6.45) is 1.90. The Hall–Kier alpha value is -2.74. The number of carbonyl (C=O) groups excluding carboxylic acids is 1. The Labute approximate surface area is 163 Å². The lowest BCUT2D eigenvalue weighted by molar-refractivity contribution is 0.0240. The van der Waals surface area contributed by atoms with E-state index in [2.05, 4.69) is 9.97 Å². The van der Waals surface area contributed by atoms with Crippen molar-refractivity contribution in [3.05, 3.63) is 53.6 Å². The smallest absolute Gasteiger partial charge is 0.410 e. The fraction of sp³-hybridized carbons (Fsp3) is 0.450. The Balaban J connectivity index is 1.59. The van der Waals surface area contributed by atoms with Gasteiger partial charge in [-0.05, 0) is 38.5 Å². The quantitative estimate of drug-likeness (QED) is 0.871. The highest BCUT2D eigenvalue weighted by molar-refractivity contribution is 5.68. The van der Waals surface area contributed by atoms with Gasteiger partial charge >= 0.3 is 6.09 Å². The number of piperazine rings is 1. The molecule has 0 saturated carbocycles. The van der Waals surface area contributed by atoms with Crippen LogP contribution in [-0.4, -0.2) is 57.8 Å². The zero-order chi connectivity index (χ0) is 20.3. The van der Waals surface area contributed by atoms with Crippen LogP contribution in [0.5, 0.6) is 0 Å². The summed E-state index contributed by atoms with van der Waals surface area (Å²) in [6.45, 7) is 7.78. The number of ether oxygens (including phenoxy) is 1. The normalized spacial score (nSPS) is 16.0. The van der Waals surface area contributed by atoms with Crippen molar-refractivity contribution in [2.75, 3.05) is 31.1 Å². The first-order chi connectivity index (χ1) is 13.2. The topological polar surface area (TPSA) is 78.8 Å². The number of hydrogen-bond donors (Lipinski definition) is 1. The van der Waals surface area contributed by atoms with Crippen LogP contribution in [0.2, 0.25) is 0 Å². The van der Waals surface area contributed by atoms with Gasteiger partial charge in [-0.3, -0.25) is 0 Å². The zero-order valence-corrected chi connectivity index (χ0v) is 16.3. The number of benzene rings is 1. The number of rotatable bonds is 3. The van der Waals surface area contributed by atoms with E-state index in [-0.39, 0.29) is 11.9 Å². The molecule has 1 aliphatic rings. The third-order valence-corrected chi connectivity index (χ3v) is 4.37. The monoisotopic (exact) mass is 388 g/mol. The molecule has 0 bridgehead atoms. The van der Waals surface area contributed by atoms with Gasteiger partial charge < -0.3 is 19.6 Å². The van der Waals surface area contributed by atoms with Crippen LogP contribution < -0.4 is 4.90 Å². The second-order valence-corrected chi connectivity index (χ2v) is 7.72. The molecule has 0 aliphatic carbocycles. The molecule has 28 heavy (non-hydrogen) atoms. The Morgan fingerprint density at radius 2 is 1.64 bits per heavy atom. The molecule has 1 aromatic heterocycles. The van der Waals surface area contributed by atoms with Crippen LogP contribution in [0.3, 0.4) is 0 Å². The van der Waals surface area contributed by atoms with Crippen LogP contribution in [0.25, 0.3) is 0 Å². The summed E-state index contributed by atoms with van der Waals surface area (Å²) in [5.41, 5.74) is 0.588. The number of carbonyl (C=O) groups is 1. The first kappa shape index (κ1) is 20.0. The molecule has 1 saturated heterocycles.